The maximum atomic E-state index is 14.0. The third kappa shape index (κ3) is 7.67. The number of amides is 2. The Morgan fingerprint density at radius 1 is 0.902 bits per heavy atom. The molecule has 1 N–H and O–H groups in total. The van der Waals surface area contributed by atoms with Crippen molar-refractivity contribution >= 4 is 73.9 Å². The van der Waals surface area contributed by atoms with Crippen LogP contribution in [-0.2, 0) is 26.2 Å². The Labute approximate surface area is 260 Å². The molecule has 218 valence electrons. The molecule has 12 heteroatoms. The van der Waals surface area contributed by atoms with Crippen LogP contribution in [0.15, 0.2) is 71.6 Å². The van der Waals surface area contributed by atoms with Gasteiger partial charge < -0.3 is 10.2 Å². The van der Waals surface area contributed by atoms with Gasteiger partial charge in [0.15, 0.2) is 0 Å². The van der Waals surface area contributed by atoms with E-state index < -0.39 is 28.5 Å². The fraction of sp³-hybridized carbons (Fsp3) is 0.310. The van der Waals surface area contributed by atoms with Gasteiger partial charge in [-0.25, -0.2) is 8.42 Å². The maximum Gasteiger partial charge on any atom is 0.264 e. The minimum Gasteiger partial charge on any atom is -0.352 e. The lowest BCUT2D eigenvalue weighted by Crippen LogP contribution is -2.52. The van der Waals surface area contributed by atoms with Gasteiger partial charge in [0.1, 0.15) is 12.6 Å². The Bertz CT molecular complexity index is 1520. The summed E-state index contributed by atoms with van der Waals surface area (Å²) in [7, 11) is -4.27. The first-order valence-electron chi connectivity index (χ1n) is 13.0. The quantitative estimate of drug-likeness (QED) is 0.255. The van der Waals surface area contributed by atoms with Crippen molar-refractivity contribution < 1.29 is 18.0 Å². The average molecular weight is 657 g/mol. The standard InChI is InChI=1S/C29H29Cl4N3O4S/c1-19(29(38)34-22-7-5-6-8-22)35(17-20-11-13-24(31)26(33)15-20)28(37)18-36(27-16-21(30)12-14-25(27)32)41(39,40)23-9-3-2-4-10-23/h2-4,9-16,19,22H,5-8,17-18H2,1H3,(H,34,38). The van der Waals surface area contributed by atoms with E-state index >= 15 is 0 Å². The summed E-state index contributed by atoms with van der Waals surface area (Å²) < 4.78 is 28.7. The third-order valence-electron chi connectivity index (χ3n) is 6.99. The summed E-state index contributed by atoms with van der Waals surface area (Å²) in [6.07, 6.45) is 3.79. The van der Waals surface area contributed by atoms with E-state index in [4.69, 9.17) is 46.4 Å². The van der Waals surface area contributed by atoms with E-state index in [1.165, 1.54) is 35.2 Å². The number of carbonyl (C=O) groups is 2. The van der Waals surface area contributed by atoms with Gasteiger partial charge in [0.25, 0.3) is 10.0 Å². The van der Waals surface area contributed by atoms with Crippen molar-refractivity contribution in [2.45, 2.75) is 56.1 Å². The zero-order chi connectivity index (χ0) is 29.7. The zero-order valence-electron chi connectivity index (χ0n) is 22.2. The number of anilines is 1. The number of hydrogen-bond donors (Lipinski definition) is 1. The fourth-order valence-electron chi connectivity index (χ4n) is 4.72. The monoisotopic (exact) mass is 655 g/mol. The lowest BCUT2D eigenvalue weighted by molar-refractivity contribution is -0.139. The first-order chi connectivity index (χ1) is 19.5. The molecular formula is C29H29Cl4N3O4S. The molecule has 3 aromatic rings. The predicted molar refractivity (Wildman–Crippen MR) is 164 cm³/mol. The van der Waals surface area contributed by atoms with E-state index in [1.807, 2.05) is 0 Å². The largest absolute Gasteiger partial charge is 0.352 e. The van der Waals surface area contributed by atoms with Crippen LogP contribution in [0, 0.1) is 0 Å². The van der Waals surface area contributed by atoms with Crippen LogP contribution >= 0.6 is 46.4 Å². The molecule has 1 fully saturated rings. The number of hydrogen-bond acceptors (Lipinski definition) is 4. The van der Waals surface area contributed by atoms with Crippen molar-refractivity contribution in [3.63, 3.8) is 0 Å². The SMILES string of the molecule is CC(C(=O)NC1CCCC1)N(Cc1ccc(Cl)c(Cl)c1)C(=O)CN(c1cc(Cl)ccc1Cl)S(=O)(=O)c1ccccc1. The molecule has 1 saturated carbocycles. The molecule has 0 aliphatic heterocycles. The van der Waals surface area contributed by atoms with Crippen LogP contribution in [0.4, 0.5) is 5.69 Å². The Hall–Kier alpha value is -2.49. The van der Waals surface area contributed by atoms with E-state index in [2.05, 4.69) is 5.32 Å². The molecule has 1 aliphatic carbocycles. The molecule has 4 rings (SSSR count). The van der Waals surface area contributed by atoms with Crippen molar-refractivity contribution in [2.24, 2.45) is 0 Å². The summed E-state index contributed by atoms with van der Waals surface area (Å²) in [6, 6.07) is 16.1. The molecule has 0 saturated heterocycles. The number of halogens is 4. The van der Waals surface area contributed by atoms with E-state index in [9.17, 15) is 18.0 Å². The minimum atomic E-state index is -4.27. The second kappa shape index (κ2) is 13.7. The highest BCUT2D eigenvalue weighted by Crippen LogP contribution is 2.33. The highest BCUT2D eigenvalue weighted by Gasteiger charge is 2.34. The molecule has 0 heterocycles. The van der Waals surface area contributed by atoms with Crippen LogP contribution in [-0.4, -0.2) is 43.8 Å². The van der Waals surface area contributed by atoms with Gasteiger partial charge in [-0.2, -0.15) is 0 Å². The van der Waals surface area contributed by atoms with E-state index in [-0.39, 0.29) is 39.1 Å². The van der Waals surface area contributed by atoms with Gasteiger partial charge in [-0.3, -0.25) is 13.9 Å². The second-order valence-corrected chi connectivity index (χ2v) is 13.4. The Balaban J connectivity index is 1.72. The maximum absolute atomic E-state index is 14.0. The molecule has 1 unspecified atom stereocenters. The van der Waals surface area contributed by atoms with Gasteiger partial charge in [-0.1, -0.05) is 83.5 Å². The molecular weight excluding hydrogens is 628 g/mol. The first-order valence-corrected chi connectivity index (χ1v) is 16.0. The molecule has 0 bridgehead atoms. The molecule has 1 aliphatic rings. The number of benzene rings is 3. The van der Waals surface area contributed by atoms with Crippen LogP contribution in [0.1, 0.15) is 38.2 Å². The highest BCUT2D eigenvalue weighted by atomic mass is 35.5. The number of nitrogens with one attached hydrogen (secondary N) is 1. The molecule has 0 aromatic heterocycles. The molecule has 3 aromatic carbocycles. The van der Waals surface area contributed by atoms with Crippen LogP contribution in [0.2, 0.25) is 20.1 Å². The predicted octanol–water partition coefficient (Wildman–Crippen LogP) is 6.97. The van der Waals surface area contributed by atoms with Crippen molar-refractivity contribution in [3.8, 4) is 0 Å². The first kappa shape index (κ1) is 31.4. The second-order valence-electron chi connectivity index (χ2n) is 9.86. The molecule has 41 heavy (non-hydrogen) atoms. The number of sulfonamides is 1. The van der Waals surface area contributed by atoms with Crippen LogP contribution in [0.25, 0.3) is 0 Å². The third-order valence-corrected chi connectivity index (χ3v) is 10.1. The van der Waals surface area contributed by atoms with Crippen molar-refractivity contribution in [1.29, 1.82) is 0 Å². The minimum absolute atomic E-state index is 0.0164. The molecule has 0 radical (unpaired) electrons. The van der Waals surface area contributed by atoms with Gasteiger partial charge in [0.05, 0.1) is 25.7 Å². The normalized spacial score (nSPS) is 14.5. The van der Waals surface area contributed by atoms with Gasteiger partial charge >= 0.3 is 0 Å². The van der Waals surface area contributed by atoms with Gasteiger partial charge in [0, 0.05) is 17.6 Å². The van der Waals surface area contributed by atoms with Crippen molar-refractivity contribution in [3.05, 3.63) is 92.4 Å². The summed E-state index contributed by atoms with van der Waals surface area (Å²) in [5, 5.41) is 3.99. The van der Waals surface area contributed by atoms with E-state index in [0.717, 1.165) is 30.0 Å². The highest BCUT2D eigenvalue weighted by molar-refractivity contribution is 7.92. The lowest BCUT2D eigenvalue weighted by atomic mass is 10.1. The zero-order valence-corrected chi connectivity index (χ0v) is 26.0. The Morgan fingerprint density at radius 3 is 2.22 bits per heavy atom. The van der Waals surface area contributed by atoms with Gasteiger partial charge in [-0.15, -0.1) is 0 Å². The van der Waals surface area contributed by atoms with Crippen LogP contribution in [0.3, 0.4) is 0 Å². The van der Waals surface area contributed by atoms with Gasteiger partial charge in [0.2, 0.25) is 11.8 Å². The summed E-state index contributed by atoms with van der Waals surface area (Å²) in [5.41, 5.74) is 0.653. The molecule has 0 spiro atoms. The summed E-state index contributed by atoms with van der Waals surface area (Å²) in [6.45, 7) is 0.958. The van der Waals surface area contributed by atoms with Crippen molar-refractivity contribution in [1.82, 2.24) is 10.2 Å². The number of nitrogens with zero attached hydrogens (tertiary/aromatic N) is 2. The molecule has 2 amide bonds. The fourth-order valence-corrected chi connectivity index (χ4v) is 6.92. The molecule has 7 nitrogen and oxygen atoms in total. The summed E-state index contributed by atoms with van der Waals surface area (Å²) >= 11 is 25.0. The Morgan fingerprint density at radius 2 is 1.56 bits per heavy atom. The van der Waals surface area contributed by atoms with Crippen molar-refractivity contribution in [2.75, 3.05) is 10.8 Å². The smallest absolute Gasteiger partial charge is 0.264 e. The van der Waals surface area contributed by atoms with Crippen LogP contribution < -0.4 is 9.62 Å². The topological polar surface area (TPSA) is 86.8 Å². The summed E-state index contributed by atoms with van der Waals surface area (Å²) in [5.74, 6) is -0.954. The average Bonchev–Trinajstić information content (AvgIpc) is 3.46. The number of carbonyl (C=O) groups excluding carboxylic acids is 2. The van der Waals surface area contributed by atoms with Crippen LogP contribution in [0.5, 0.6) is 0 Å². The molecule has 1 atom stereocenters. The van der Waals surface area contributed by atoms with E-state index in [0.29, 0.717) is 15.6 Å². The Kier molecular flexibility index (Phi) is 10.5. The summed E-state index contributed by atoms with van der Waals surface area (Å²) in [4.78, 5) is 28.6. The van der Waals surface area contributed by atoms with Gasteiger partial charge in [-0.05, 0) is 67.8 Å². The lowest BCUT2D eigenvalue weighted by Gasteiger charge is -2.32. The van der Waals surface area contributed by atoms with E-state index in [1.54, 1.807) is 43.3 Å². The number of rotatable bonds is 10.